The van der Waals surface area contributed by atoms with Crippen molar-refractivity contribution in [1.82, 2.24) is 5.32 Å². The second kappa shape index (κ2) is 11.3. The van der Waals surface area contributed by atoms with Gasteiger partial charge in [-0.25, -0.2) is 0 Å². The zero-order chi connectivity index (χ0) is 13.8. The van der Waals surface area contributed by atoms with Gasteiger partial charge < -0.3 is 5.32 Å². The Bertz CT molecular complexity index is 235. The maximum Gasteiger partial charge on any atom is 0.246 e. The monoisotopic (exact) mass is 253 g/mol. The van der Waals surface area contributed by atoms with Gasteiger partial charge in [0.25, 0.3) is 0 Å². The summed E-state index contributed by atoms with van der Waals surface area (Å²) in [4.78, 5) is 11.2. The van der Waals surface area contributed by atoms with Crippen LogP contribution in [0.4, 0.5) is 0 Å². The molecule has 1 unspecified atom stereocenters. The molecule has 0 saturated heterocycles. The number of carbonyl (C=O) groups excluding carboxylic acids is 1. The number of unbranched alkanes of at least 4 members (excludes halogenated alkanes) is 4. The first-order valence-corrected chi connectivity index (χ1v) is 7.51. The fraction of sp³-hybridized carbons (Fsp3) is 0.812. The van der Waals surface area contributed by atoms with Crippen LogP contribution in [0.1, 0.15) is 72.1 Å². The van der Waals surface area contributed by atoms with Crippen LogP contribution in [0.15, 0.2) is 12.2 Å². The van der Waals surface area contributed by atoms with Gasteiger partial charge in [0.2, 0.25) is 5.91 Å². The van der Waals surface area contributed by atoms with Gasteiger partial charge in [-0.3, -0.25) is 4.79 Å². The molecule has 0 rings (SSSR count). The molecule has 0 aromatic carbocycles. The lowest BCUT2D eigenvalue weighted by Crippen LogP contribution is -2.24. The van der Waals surface area contributed by atoms with E-state index in [2.05, 4.69) is 25.7 Å². The Balaban J connectivity index is 3.32. The summed E-state index contributed by atoms with van der Waals surface area (Å²) in [6.45, 7) is 10.7. The van der Waals surface area contributed by atoms with Gasteiger partial charge in [-0.15, -0.1) is 0 Å². The highest BCUT2D eigenvalue weighted by Crippen LogP contribution is 2.16. The van der Waals surface area contributed by atoms with E-state index in [4.69, 9.17) is 0 Å². The fourth-order valence-electron chi connectivity index (χ4n) is 2.03. The Morgan fingerprint density at radius 2 is 1.72 bits per heavy atom. The molecule has 0 saturated carbocycles. The summed E-state index contributed by atoms with van der Waals surface area (Å²) in [6, 6.07) is 0. The number of hydrogen-bond acceptors (Lipinski definition) is 1. The minimum absolute atomic E-state index is 0.0115. The predicted molar refractivity (Wildman–Crippen MR) is 79.6 cm³/mol. The predicted octanol–water partition coefficient (Wildman–Crippen LogP) is 4.46. The maximum absolute atomic E-state index is 11.2. The lowest BCUT2D eigenvalue weighted by Gasteiger charge is -2.11. The third kappa shape index (κ3) is 10.4. The molecule has 1 amide bonds. The lowest BCUT2D eigenvalue weighted by atomic mass is 9.97. The summed E-state index contributed by atoms with van der Waals surface area (Å²) in [6.07, 6.45) is 10.4. The van der Waals surface area contributed by atoms with Crippen molar-refractivity contribution in [3.63, 3.8) is 0 Å². The van der Waals surface area contributed by atoms with Gasteiger partial charge in [-0.2, -0.15) is 0 Å². The highest BCUT2D eigenvalue weighted by Gasteiger charge is 2.03. The first-order valence-electron chi connectivity index (χ1n) is 7.51. The van der Waals surface area contributed by atoms with Crippen LogP contribution in [0, 0.1) is 5.92 Å². The molecule has 18 heavy (non-hydrogen) atoms. The van der Waals surface area contributed by atoms with Crippen molar-refractivity contribution < 1.29 is 4.79 Å². The molecule has 0 aliphatic rings. The first kappa shape index (κ1) is 17.2. The Kier molecular flexibility index (Phi) is 10.8. The maximum atomic E-state index is 11.2. The smallest absolute Gasteiger partial charge is 0.246 e. The third-order valence-corrected chi connectivity index (χ3v) is 3.35. The molecule has 0 aliphatic carbocycles. The average molecular weight is 253 g/mol. The molecule has 0 radical (unpaired) electrons. The van der Waals surface area contributed by atoms with Gasteiger partial charge in [0.15, 0.2) is 0 Å². The van der Waals surface area contributed by atoms with Crippen LogP contribution >= 0.6 is 0 Å². The van der Waals surface area contributed by atoms with E-state index in [1.165, 1.54) is 44.9 Å². The second-order valence-electron chi connectivity index (χ2n) is 5.49. The van der Waals surface area contributed by atoms with E-state index in [-0.39, 0.29) is 5.91 Å². The van der Waals surface area contributed by atoms with E-state index in [1.54, 1.807) is 6.92 Å². The number of hydrogen-bond donors (Lipinski definition) is 1. The van der Waals surface area contributed by atoms with Gasteiger partial charge in [-0.1, -0.05) is 65.4 Å². The van der Waals surface area contributed by atoms with Crippen molar-refractivity contribution in [3.8, 4) is 0 Å². The molecule has 0 aromatic rings. The Morgan fingerprint density at radius 3 is 2.28 bits per heavy atom. The zero-order valence-corrected chi connectivity index (χ0v) is 12.6. The molecule has 2 heteroatoms. The Labute approximate surface area is 113 Å². The minimum Gasteiger partial charge on any atom is -0.352 e. The molecule has 1 N–H and O–H groups in total. The summed E-state index contributed by atoms with van der Waals surface area (Å²) in [5.41, 5.74) is 0.597. The SMILES string of the molecule is C=C(C)C(=O)NCCCCC(C)CCCCCC. The summed E-state index contributed by atoms with van der Waals surface area (Å²) in [5.74, 6) is 0.821. The number of rotatable bonds is 11. The van der Waals surface area contributed by atoms with Crippen molar-refractivity contribution >= 4 is 5.91 Å². The van der Waals surface area contributed by atoms with E-state index in [0.717, 1.165) is 18.9 Å². The van der Waals surface area contributed by atoms with E-state index in [1.807, 2.05) is 0 Å². The van der Waals surface area contributed by atoms with E-state index in [0.29, 0.717) is 5.57 Å². The van der Waals surface area contributed by atoms with Gasteiger partial charge in [0.1, 0.15) is 0 Å². The molecule has 0 aromatic heterocycles. The third-order valence-electron chi connectivity index (χ3n) is 3.35. The van der Waals surface area contributed by atoms with Crippen LogP contribution in [0.5, 0.6) is 0 Å². The van der Waals surface area contributed by atoms with Crippen molar-refractivity contribution in [1.29, 1.82) is 0 Å². The van der Waals surface area contributed by atoms with Crippen LogP contribution in [0.25, 0.3) is 0 Å². The Hall–Kier alpha value is -0.790. The van der Waals surface area contributed by atoms with Crippen molar-refractivity contribution in [2.45, 2.75) is 72.1 Å². The quantitative estimate of drug-likeness (QED) is 0.427. The molecule has 1 atom stereocenters. The molecule has 0 fully saturated rings. The summed E-state index contributed by atoms with van der Waals surface area (Å²) < 4.78 is 0. The lowest BCUT2D eigenvalue weighted by molar-refractivity contribution is -0.117. The molecule has 0 aliphatic heterocycles. The van der Waals surface area contributed by atoms with E-state index in [9.17, 15) is 4.79 Å². The number of carbonyl (C=O) groups is 1. The topological polar surface area (TPSA) is 29.1 Å². The standard InChI is InChI=1S/C16H31NO/c1-5-6-7-8-11-15(4)12-9-10-13-17-16(18)14(2)3/h15H,2,5-13H2,1,3-4H3,(H,17,18). The minimum atomic E-state index is -0.0115. The van der Waals surface area contributed by atoms with Crippen LogP contribution in [0.2, 0.25) is 0 Å². The van der Waals surface area contributed by atoms with Gasteiger partial charge in [0.05, 0.1) is 0 Å². The molecule has 2 nitrogen and oxygen atoms in total. The average Bonchev–Trinajstić information content (AvgIpc) is 2.33. The second-order valence-corrected chi connectivity index (χ2v) is 5.49. The van der Waals surface area contributed by atoms with Crippen LogP contribution < -0.4 is 5.32 Å². The molecule has 0 bridgehead atoms. The molecular formula is C16H31NO. The molecule has 0 spiro atoms. The van der Waals surface area contributed by atoms with E-state index >= 15 is 0 Å². The summed E-state index contributed by atoms with van der Waals surface area (Å²) in [5, 5.41) is 2.88. The van der Waals surface area contributed by atoms with E-state index < -0.39 is 0 Å². The molecule has 0 heterocycles. The summed E-state index contributed by atoms with van der Waals surface area (Å²) in [7, 11) is 0. The van der Waals surface area contributed by atoms with Gasteiger partial charge >= 0.3 is 0 Å². The molecular weight excluding hydrogens is 222 g/mol. The first-order chi connectivity index (χ1) is 8.57. The summed E-state index contributed by atoms with van der Waals surface area (Å²) >= 11 is 0. The largest absolute Gasteiger partial charge is 0.352 e. The van der Waals surface area contributed by atoms with Crippen LogP contribution in [-0.2, 0) is 4.79 Å². The van der Waals surface area contributed by atoms with Gasteiger partial charge in [-0.05, 0) is 19.3 Å². The van der Waals surface area contributed by atoms with Gasteiger partial charge in [0, 0.05) is 12.1 Å². The van der Waals surface area contributed by atoms with Crippen molar-refractivity contribution in [2.24, 2.45) is 5.92 Å². The van der Waals surface area contributed by atoms with Crippen LogP contribution in [0.3, 0.4) is 0 Å². The van der Waals surface area contributed by atoms with Crippen molar-refractivity contribution in [3.05, 3.63) is 12.2 Å². The fourth-order valence-corrected chi connectivity index (χ4v) is 2.03. The number of nitrogens with one attached hydrogen (secondary N) is 1. The molecule has 106 valence electrons. The number of amides is 1. The zero-order valence-electron chi connectivity index (χ0n) is 12.6. The highest BCUT2D eigenvalue weighted by atomic mass is 16.1. The Morgan fingerprint density at radius 1 is 1.11 bits per heavy atom. The highest BCUT2D eigenvalue weighted by molar-refractivity contribution is 5.91. The normalized spacial score (nSPS) is 12.2. The van der Waals surface area contributed by atoms with Crippen LogP contribution in [-0.4, -0.2) is 12.5 Å². The van der Waals surface area contributed by atoms with Crippen molar-refractivity contribution in [2.75, 3.05) is 6.54 Å².